The molecule has 1 aromatic heterocycles. The summed E-state index contributed by atoms with van der Waals surface area (Å²) in [6.45, 7) is 9.14. The summed E-state index contributed by atoms with van der Waals surface area (Å²) in [6.07, 6.45) is 6.46. The van der Waals surface area contributed by atoms with E-state index in [1.807, 2.05) is 18.3 Å². The van der Waals surface area contributed by atoms with E-state index < -0.39 is 19.8 Å². The summed E-state index contributed by atoms with van der Waals surface area (Å²) in [6, 6.07) is 1.87. The van der Waals surface area contributed by atoms with Crippen LogP contribution in [0.3, 0.4) is 0 Å². The number of alkyl halides is 2. The van der Waals surface area contributed by atoms with Crippen LogP contribution < -0.4 is 11.2 Å². The number of aromatic nitrogens is 1. The summed E-state index contributed by atoms with van der Waals surface area (Å²) in [4.78, 5) is 6.99. The first-order valence-electron chi connectivity index (χ1n) is 10.3. The molecule has 0 radical (unpaired) electrons. The Bertz CT molecular complexity index is 920. The molecule has 0 saturated carbocycles. The molecular formula is C22H33FIN5O. The third kappa shape index (κ3) is 6.16. The van der Waals surface area contributed by atoms with Crippen molar-refractivity contribution in [3.8, 4) is 5.75 Å². The second-order valence-corrected chi connectivity index (χ2v) is 14.7. The van der Waals surface area contributed by atoms with Gasteiger partial charge in [0, 0.05) is 6.42 Å². The molecule has 0 amide bonds. The van der Waals surface area contributed by atoms with Crippen LogP contribution >= 0.6 is 19.8 Å². The van der Waals surface area contributed by atoms with Crippen molar-refractivity contribution in [2.45, 2.75) is 52.2 Å². The number of amidine groups is 1. The summed E-state index contributed by atoms with van der Waals surface area (Å²) in [7, 11) is 0. The van der Waals surface area contributed by atoms with Crippen molar-refractivity contribution in [1.29, 1.82) is 5.41 Å². The molecule has 0 unspecified atom stereocenters. The molecule has 0 bridgehead atoms. The van der Waals surface area contributed by atoms with Crippen molar-refractivity contribution in [2.75, 3.05) is 21.9 Å². The fourth-order valence-electron chi connectivity index (χ4n) is 3.54. The van der Waals surface area contributed by atoms with E-state index >= 15 is 0 Å². The Morgan fingerprint density at radius 1 is 1.30 bits per heavy atom. The fourth-order valence-corrected chi connectivity index (χ4v) is 8.78. The quantitative estimate of drug-likeness (QED) is 0.179. The van der Waals surface area contributed by atoms with Gasteiger partial charge in [0.25, 0.3) is 0 Å². The number of halogens is 2. The van der Waals surface area contributed by atoms with Crippen LogP contribution in [0.2, 0.25) is 0 Å². The molecule has 166 valence electrons. The molecule has 0 atom stereocenters. The second-order valence-electron chi connectivity index (χ2n) is 8.79. The number of rotatable bonds is 5. The van der Waals surface area contributed by atoms with Gasteiger partial charge in [-0.2, -0.15) is 0 Å². The molecule has 1 saturated heterocycles. The molecule has 1 fully saturated rings. The predicted molar refractivity (Wildman–Crippen MR) is 129 cm³/mol. The van der Waals surface area contributed by atoms with Gasteiger partial charge in [0.15, 0.2) is 0 Å². The summed E-state index contributed by atoms with van der Waals surface area (Å²) in [5.41, 5.74) is 7.83. The van der Waals surface area contributed by atoms with Crippen LogP contribution in [-0.4, -0.2) is 45.9 Å². The van der Waals surface area contributed by atoms with Gasteiger partial charge >= 0.3 is 175 Å². The van der Waals surface area contributed by atoms with Crippen molar-refractivity contribution in [3.05, 3.63) is 46.9 Å². The minimum absolute atomic E-state index is 0.00751. The van der Waals surface area contributed by atoms with E-state index in [2.05, 4.69) is 30.7 Å². The molecule has 30 heavy (non-hydrogen) atoms. The van der Waals surface area contributed by atoms with E-state index in [1.54, 1.807) is 4.57 Å². The predicted octanol–water partition coefficient (Wildman–Crippen LogP) is 3.68. The van der Waals surface area contributed by atoms with Crippen molar-refractivity contribution >= 4 is 23.7 Å². The van der Waals surface area contributed by atoms with Gasteiger partial charge in [0.05, 0.1) is 0 Å². The molecule has 2 aliphatic rings. The Morgan fingerprint density at radius 3 is 2.63 bits per heavy atom. The van der Waals surface area contributed by atoms with Crippen molar-refractivity contribution in [3.63, 3.8) is 0 Å². The third-order valence-electron chi connectivity index (χ3n) is 5.12. The molecule has 6 nitrogen and oxygen atoms in total. The molecule has 0 aromatic carbocycles. The van der Waals surface area contributed by atoms with Crippen LogP contribution in [0.15, 0.2) is 40.8 Å². The van der Waals surface area contributed by atoms with Crippen molar-refractivity contribution < 1.29 is 9.50 Å². The van der Waals surface area contributed by atoms with Crippen LogP contribution in [-0.2, 0) is 13.1 Å². The first kappa shape index (κ1) is 23.0. The van der Waals surface area contributed by atoms with E-state index in [4.69, 9.17) is 11.1 Å². The molecule has 4 N–H and O–H groups in total. The average Bonchev–Trinajstić information content (AvgIpc) is 2.67. The normalized spacial score (nSPS) is 20.1. The molecular weight excluding hydrogens is 496 g/mol. The van der Waals surface area contributed by atoms with E-state index in [0.717, 1.165) is 36.9 Å². The second kappa shape index (κ2) is 9.64. The summed E-state index contributed by atoms with van der Waals surface area (Å²) in [5.74, 6) is -0.117. The first-order chi connectivity index (χ1) is 14.1. The van der Waals surface area contributed by atoms with Gasteiger partial charge in [-0.15, -0.1) is 0 Å². The number of aromatic hydroxyl groups is 1. The Kier molecular flexibility index (Phi) is 7.38. The van der Waals surface area contributed by atoms with Crippen molar-refractivity contribution in [1.82, 2.24) is 9.47 Å². The number of nitrogens with zero attached hydrogens (tertiary/aromatic N) is 3. The topological polar surface area (TPSA) is 90.6 Å². The molecule has 3 rings (SSSR count). The number of nitrogens with one attached hydrogen (secondary N) is 1. The number of hydrogen-bond donors (Lipinski definition) is 3. The fraction of sp³-hybridized carbons (Fsp3) is 0.545. The van der Waals surface area contributed by atoms with Gasteiger partial charge < -0.3 is 0 Å². The van der Waals surface area contributed by atoms with Crippen molar-refractivity contribution in [2.24, 2.45) is 10.7 Å². The zero-order chi connectivity index (χ0) is 21.9. The summed E-state index contributed by atoms with van der Waals surface area (Å²) in [5, 5.41) is 18.9. The van der Waals surface area contributed by atoms with Crippen LogP contribution in [0.5, 0.6) is 5.75 Å². The van der Waals surface area contributed by atoms with Gasteiger partial charge in [0.1, 0.15) is 0 Å². The van der Waals surface area contributed by atoms with E-state index in [1.165, 1.54) is 6.08 Å². The summed E-state index contributed by atoms with van der Waals surface area (Å²) >= 11 is -1.37. The minimum atomic E-state index is -1.37. The Labute approximate surface area is 185 Å². The number of pyridine rings is 1. The van der Waals surface area contributed by atoms with Crippen LogP contribution in [0.25, 0.3) is 0 Å². The van der Waals surface area contributed by atoms with E-state index in [-0.39, 0.29) is 22.6 Å². The number of allylic oxidation sites excluding steroid dienone is 4. The third-order valence-corrected chi connectivity index (χ3v) is 10.5. The Balaban J connectivity index is 1.62. The maximum atomic E-state index is 13.5. The monoisotopic (exact) mass is 529 g/mol. The molecule has 0 spiro atoms. The number of hydrogen-bond acceptors (Lipinski definition) is 4. The zero-order valence-corrected chi connectivity index (χ0v) is 20.2. The Morgan fingerprint density at radius 2 is 2.00 bits per heavy atom. The zero-order valence-electron chi connectivity index (χ0n) is 18.1. The number of nitrogens with two attached hydrogens (primary N) is 1. The van der Waals surface area contributed by atoms with Gasteiger partial charge in [-0.3, -0.25) is 0 Å². The molecule has 2 heterocycles. The van der Waals surface area contributed by atoms with E-state index in [0.29, 0.717) is 25.9 Å². The van der Waals surface area contributed by atoms with Crippen LogP contribution in [0, 0.1) is 5.41 Å². The van der Waals surface area contributed by atoms with E-state index in [9.17, 15) is 9.50 Å². The molecule has 1 aromatic rings. The van der Waals surface area contributed by atoms with Gasteiger partial charge in [-0.05, 0) is 0 Å². The molecule has 1 aliphatic heterocycles. The average molecular weight is 529 g/mol. The number of aliphatic imine (C=N–C) groups is 1. The Hall–Kier alpha value is -1.68. The maximum absolute atomic E-state index is 13.5. The van der Waals surface area contributed by atoms with Gasteiger partial charge in [0.2, 0.25) is 0 Å². The molecule has 1 aliphatic carbocycles. The van der Waals surface area contributed by atoms with Gasteiger partial charge in [-0.1, -0.05) is 0 Å². The standard InChI is InChI=1S/C22H33FIN5O/c1-22(2,3)27-21(26)24-8-11-28(12-9-24)15-17-7-10-29(20(25)19(17)30)14-16-5-4-6-18(23)13-16/h5,7,10,13,25,30H,4,6,8-9,11-12,14-15H2,1-3H3,(H2,26,27). The van der Waals surface area contributed by atoms with Crippen LogP contribution in [0.4, 0.5) is 4.39 Å². The SMILES string of the molecule is CC(C)(C)N=C(N)I1CCN(Cc2ccn(CC3=CCCC(F)=C3)c(=N)c2O)CC1. The molecule has 8 heteroatoms. The van der Waals surface area contributed by atoms with Crippen LogP contribution in [0.1, 0.15) is 39.2 Å². The summed E-state index contributed by atoms with van der Waals surface area (Å²) < 4.78 is 18.2. The first-order valence-corrected chi connectivity index (χ1v) is 14.5. The van der Waals surface area contributed by atoms with Gasteiger partial charge in [-0.25, -0.2) is 4.39 Å².